The molecule has 1 fully saturated rings. The number of aromatic nitrogens is 2. The Morgan fingerprint density at radius 2 is 2.04 bits per heavy atom. The lowest BCUT2D eigenvalue weighted by Crippen LogP contribution is -2.23. The number of carbonyl (C=O) groups is 1. The normalized spacial score (nSPS) is 20.9. The van der Waals surface area contributed by atoms with E-state index in [0.29, 0.717) is 12.1 Å². The van der Waals surface area contributed by atoms with Crippen molar-refractivity contribution in [1.29, 1.82) is 0 Å². The predicted molar refractivity (Wildman–Crippen MR) is 100 cm³/mol. The van der Waals surface area contributed by atoms with E-state index in [9.17, 15) is 13.2 Å². The third-order valence-electron chi connectivity index (χ3n) is 5.47. The van der Waals surface area contributed by atoms with Crippen LogP contribution in [-0.4, -0.2) is 35.6 Å². The first-order valence-electron chi connectivity index (χ1n) is 9.03. The van der Waals surface area contributed by atoms with Gasteiger partial charge >= 0.3 is 0 Å². The highest BCUT2D eigenvalue weighted by atomic mass is 32.2. The van der Waals surface area contributed by atoms with Gasteiger partial charge in [-0.2, -0.15) is 5.10 Å². The molecule has 0 saturated carbocycles. The van der Waals surface area contributed by atoms with E-state index in [-0.39, 0.29) is 23.5 Å². The summed E-state index contributed by atoms with van der Waals surface area (Å²) in [5.74, 6) is 0.0333. The maximum Gasteiger partial charge on any atom is 0.274 e. The van der Waals surface area contributed by atoms with Crippen LogP contribution in [0.5, 0.6) is 0 Å². The summed E-state index contributed by atoms with van der Waals surface area (Å²) < 4.78 is 25.5. The van der Waals surface area contributed by atoms with E-state index in [1.54, 1.807) is 4.68 Å². The second-order valence-corrected chi connectivity index (χ2v) is 9.61. The molecule has 1 aliphatic heterocycles. The average Bonchev–Trinajstić information content (AvgIpc) is 3.24. The highest BCUT2D eigenvalue weighted by molar-refractivity contribution is 7.91. The van der Waals surface area contributed by atoms with E-state index >= 15 is 0 Å². The van der Waals surface area contributed by atoms with E-state index < -0.39 is 9.84 Å². The van der Waals surface area contributed by atoms with Crippen LogP contribution >= 0.6 is 0 Å². The molecule has 26 heavy (non-hydrogen) atoms. The standard InChI is InChI=1S/C19H23N3O3S/c1-12-6-7-14(10-13(12)2)20-19(23)18-16-4-3-5-17(16)21-22(18)15-8-9-26(24,25)11-15/h6-7,10,15H,3-5,8-9,11H2,1-2H3,(H,20,23). The lowest BCUT2D eigenvalue weighted by atomic mass is 10.1. The Bertz CT molecular complexity index is 992. The quantitative estimate of drug-likeness (QED) is 0.897. The second-order valence-electron chi connectivity index (χ2n) is 7.38. The number of benzene rings is 1. The Hall–Kier alpha value is -2.15. The van der Waals surface area contributed by atoms with Crippen molar-refractivity contribution in [3.05, 3.63) is 46.3 Å². The minimum absolute atomic E-state index is 0.0669. The number of nitrogens with one attached hydrogen (secondary N) is 1. The molecule has 1 unspecified atom stereocenters. The molecule has 1 aliphatic carbocycles. The van der Waals surface area contributed by atoms with Crippen molar-refractivity contribution < 1.29 is 13.2 Å². The predicted octanol–water partition coefficient (Wildman–Crippen LogP) is 2.60. The third-order valence-corrected chi connectivity index (χ3v) is 7.22. The van der Waals surface area contributed by atoms with Crippen molar-refractivity contribution in [2.45, 2.75) is 45.6 Å². The molecule has 1 N–H and O–H groups in total. The largest absolute Gasteiger partial charge is 0.321 e. The number of sulfone groups is 1. The molecular formula is C19H23N3O3S. The van der Waals surface area contributed by atoms with Gasteiger partial charge in [0.2, 0.25) is 0 Å². The van der Waals surface area contributed by atoms with Gasteiger partial charge in [-0.1, -0.05) is 6.07 Å². The number of rotatable bonds is 3. The Kier molecular flexibility index (Phi) is 4.14. The van der Waals surface area contributed by atoms with Gasteiger partial charge in [0.1, 0.15) is 5.69 Å². The zero-order valence-corrected chi connectivity index (χ0v) is 15.9. The first kappa shape index (κ1) is 17.3. The van der Waals surface area contributed by atoms with E-state index in [1.165, 1.54) is 5.56 Å². The molecule has 1 aromatic heterocycles. The van der Waals surface area contributed by atoms with Crippen LogP contribution in [0.3, 0.4) is 0 Å². The van der Waals surface area contributed by atoms with Crippen LogP contribution in [0.25, 0.3) is 0 Å². The average molecular weight is 373 g/mol. The molecule has 1 aromatic carbocycles. The minimum Gasteiger partial charge on any atom is -0.321 e. The summed E-state index contributed by atoms with van der Waals surface area (Å²) >= 11 is 0. The molecule has 4 rings (SSSR count). The molecule has 6 nitrogen and oxygen atoms in total. The number of hydrogen-bond acceptors (Lipinski definition) is 4. The molecule has 1 atom stereocenters. The summed E-state index contributed by atoms with van der Waals surface area (Å²) in [5, 5.41) is 7.60. The maximum absolute atomic E-state index is 13.0. The lowest BCUT2D eigenvalue weighted by Gasteiger charge is -2.15. The van der Waals surface area contributed by atoms with E-state index in [1.807, 2.05) is 32.0 Å². The zero-order valence-electron chi connectivity index (χ0n) is 15.1. The van der Waals surface area contributed by atoms with E-state index in [4.69, 9.17) is 0 Å². The van der Waals surface area contributed by atoms with Crippen LogP contribution in [0.1, 0.15) is 51.8 Å². The van der Waals surface area contributed by atoms with Crippen molar-refractivity contribution in [2.24, 2.45) is 0 Å². The summed E-state index contributed by atoms with van der Waals surface area (Å²) in [5.41, 5.74) is 5.50. The number of carbonyl (C=O) groups excluding carboxylic acids is 1. The SMILES string of the molecule is Cc1ccc(NC(=O)c2c3c(nn2C2CCS(=O)(=O)C2)CCC3)cc1C. The summed E-state index contributed by atoms with van der Waals surface area (Å²) in [6, 6.07) is 5.58. The smallest absolute Gasteiger partial charge is 0.274 e. The molecule has 1 saturated heterocycles. The lowest BCUT2D eigenvalue weighted by molar-refractivity contribution is 0.101. The molecule has 7 heteroatoms. The van der Waals surface area contributed by atoms with Crippen LogP contribution in [0.15, 0.2) is 18.2 Å². The van der Waals surface area contributed by atoms with Gasteiger partial charge in [0.05, 0.1) is 23.2 Å². The van der Waals surface area contributed by atoms with Gasteiger partial charge in [0, 0.05) is 11.3 Å². The molecule has 0 bridgehead atoms. The van der Waals surface area contributed by atoms with E-state index in [2.05, 4.69) is 10.4 Å². The molecule has 2 aliphatic rings. The van der Waals surface area contributed by atoms with Gasteiger partial charge in [-0.05, 0) is 62.8 Å². The fourth-order valence-electron chi connectivity index (χ4n) is 3.89. The van der Waals surface area contributed by atoms with Crippen molar-refractivity contribution in [1.82, 2.24) is 9.78 Å². The Morgan fingerprint density at radius 3 is 2.73 bits per heavy atom. The number of fused-ring (bicyclic) bond motifs is 1. The minimum atomic E-state index is -3.04. The number of aryl methyl sites for hydroxylation is 3. The summed E-state index contributed by atoms with van der Waals surface area (Å²) in [6.45, 7) is 4.04. The maximum atomic E-state index is 13.0. The first-order chi connectivity index (χ1) is 12.3. The molecule has 138 valence electrons. The van der Waals surface area contributed by atoms with Crippen molar-refractivity contribution in [2.75, 3.05) is 16.8 Å². The van der Waals surface area contributed by atoms with Gasteiger partial charge in [0.15, 0.2) is 9.84 Å². The summed E-state index contributed by atoms with van der Waals surface area (Å²) in [7, 11) is -3.04. The van der Waals surface area contributed by atoms with Crippen LogP contribution in [0.2, 0.25) is 0 Å². The molecule has 1 amide bonds. The monoisotopic (exact) mass is 373 g/mol. The molecule has 0 spiro atoms. The number of anilines is 1. The Labute approximate surface area is 153 Å². The first-order valence-corrected chi connectivity index (χ1v) is 10.9. The van der Waals surface area contributed by atoms with Crippen molar-refractivity contribution in [3.63, 3.8) is 0 Å². The molecular weight excluding hydrogens is 350 g/mol. The topological polar surface area (TPSA) is 81.1 Å². The fraction of sp³-hybridized carbons (Fsp3) is 0.474. The summed E-state index contributed by atoms with van der Waals surface area (Å²) in [4.78, 5) is 13.0. The number of amides is 1. The highest BCUT2D eigenvalue weighted by Crippen LogP contribution is 2.31. The fourth-order valence-corrected chi connectivity index (χ4v) is 5.59. The summed E-state index contributed by atoms with van der Waals surface area (Å²) in [6.07, 6.45) is 3.19. The van der Waals surface area contributed by atoms with Gasteiger partial charge in [-0.25, -0.2) is 8.42 Å². The van der Waals surface area contributed by atoms with Gasteiger partial charge < -0.3 is 5.32 Å². The van der Waals surface area contributed by atoms with Gasteiger partial charge in [-0.3, -0.25) is 9.48 Å². The second kappa shape index (κ2) is 6.23. The van der Waals surface area contributed by atoms with Gasteiger partial charge in [-0.15, -0.1) is 0 Å². The van der Waals surface area contributed by atoms with Crippen molar-refractivity contribution in [3.8, 4) is 0 Å². The number of hydrogen-bond donors (Lipinski definition) is 1. The molecule has 0 radical (unpaired) electrons. The third kappa shape index (κ3) is 3.05. The zero-order chi connectivity index (χ0) is 18.5. The highest BCUT2D eigenvalue weighted by Gasteiger charge is 2.35. The van der Waals surface area contributed by atoms with Crippen LogP contribution in [0, 0.1) is 13.8 Å². The number of nitrogens with zero attached hydrogens (tertiary/aromatic N) is 2. The molecule has 2 heterocycles. The van der Waals surface area contributed by atoms with Crippen LogP contribution < -0.4 is 5.32 Å². The van der Waals surface area contributed by atoms with Crippen LogP contribution in [0.4, 0.5) is 5.69 Å². The Morgan fingerprint density at radius 1 is 1.23 bits per heavy atom. The molecule has 2 aromatic rings. The van der Waals surface area contributed by atoms with Crippen molar-refractivity contribution >= 4 is 21.4 Å². The van der Waals surface area contributed by atoms with E-state index in [0.717, 1.165) is 41.8 Å². The van der Waals surface area contributed by atoms with Gasteiger partial charge in [0.25, 0.3) is 5.91 Å². The Balaban J connectivity index is 1.68. The van der Waals surface area contributed by atoms with Crippen LogP contribution in [-0.2, 0) is 22.7 Å².